The number of rotatable bonds is 3. The van der Waals surface area contributed by atoms with Crippen molar-refractivity contribution < 1.29 is 0 Å². The quantitative estimate of drug-likeness (QED) is 0.623. The van der Waals surface area contributed by atoms with Gasteiger partial charge in [-0.15, -0.1) is 0 Å². The maximum absolute atomic E-state index is 2.29. The molecule has 0 saturated carbocycles. The lowest BCUT2D eigenvalue weighted by Gasteiger charge is -2.03. The molecule has 100 valence electrons. The highest BCUT2D eigenvalue weighted by Gasteiger charge is 2.12. The zero-order valence-corrected chi connectivity index (χ0v) is 12.0. The number of para-hydroxylation sites is 1. The summed E-state index contributed by atoms with van der Waals surface area (Å²) in [7, 11) is 0. The summed E-state index contributed by atoms with van der Waals surface area (Å²) in [6.07, 6.45) is 5.22. The van der Waals surface area contributed by atoms with Crippen molar-refractivity contribution in [3.8, 4) is 0 Å². The Labute approximate surface area is 120 Å². The minimum Gasteiger partial charge on any atom is -0.321 e. The van der Waals surface area contributed by atoms with Gasteiger partial charge in [-0.25, -0.2) is 0 Å². The predicted molar refractivity (Wildman–Crippen MR) is 86.9 cm³/mol. The number of allylic oxidation sites excluding steroid dienone is 1. The number of hydrogen-bond acceptors (Lipinski definition) is 0. The first-order valence-electron chi connectivity index (χ1n) is 7.06. The van der Waals surface area contributed by atoms with E-state index in [1.807, 2.05) is 0 Å². The molecule has 3 aromatic rings. The van der Waals surface area contributed by atoms with Gasteiger partial charge in [0.05, 0.1) is 5.52 Å². The van der Waals surface area contributed by atoms with E-state index in [9.17, 15) is 0 Å². The standard InChI is InChI=1S/C19H19N/c1-3-13-20-15(2)18(14-16-9-5-4-6-10-16)17-11-7-8-12-19(17)20/h3-13H,14H2,1-2H3. The summed E-state index contributed by atoms with van der Waals surface area (Å²) >= 11 is 0. The molecule has 0 aliphatic heterocycles. The predicted octanol–water partition coefficient (Wildman–Crippen LogP) is 5.03. The fourth-order valence-corrected chi connectivity index (χ4v) is 2.82. The van der Waals surface area contributed by atoms with Gasteiger partial charge in [-0.05, 0) is 37.5 Å². The van der Waals surface area contributed by atoms with E-state index in [1.54, 1.807) is 0 Å². The number of aromatic nitrogens is 1. The van der Waals surface area contributed by atoms with E-state index in [1.165, 1.54) is 27.7 Å². The highest BCUT2D eigenvalue weighted by atomic mass is 15.0. The van der Waals surface area contributed by atoms with E-state index in [2.05, 4.69) is 85.3 Å². The van der Waals surface area contributed by atoms with Crippen molar-refractivity contribution in [2.45, 2.75) is 20.3 Å². The smallest absolute Gasteiger partial charge is 0.0528 e. The van der Waals surface area contributed by atoms with Gasteiger partial charge in [0, 0.05) is 17.3 Å². The minimum absolute atomic E-state index is 0.984. The van der Waals surface area contributed by atoms with Crippen molar-refractivity contribution >= 4 is 17.1 Å². The highest BCUT2D eigenvalue weighted by molar-refractivity contribution is 5.87. The first kappa shape index (κ1) is 12.7. The summed E-state index contributed by atoms with van der Waals surface area (Å²) in [5.74, 6) is 0. The van der Waals surface area contributed by atoms with E-state index >= 15 is 0 Å². The van der Waals surface area contributed by atoms with Crippen LogP contribution in [0.1, 0.15) is 23.7 Å². The molecule has 1 heteroatoms. The molecule has 0 saturated heterocycles. The molecule has 0 bridgehead atoms. The highest BCUT2D eigenvalue weighted by Crippen LogP contribution is 2.28. The number of benzene rings is 2. The van der Waals surface area contributed by atoms with Crippen molar-refractivity contribution in [3.63, 3.8) is 0 Å². The summed E-state index contributed by atoms with van der Waals surface area (Å²) < 4.78 is 2.29. The molecular weight excluding hydrogens is 242 g/mol. The van der Waals surface area contributed by atoms with Crippen molar-refractivity contribution in [1.29, 1.82) is 0 Å². The maximum Gasteiger partial charge on any atom is 0.0528 e. The fourth-order valence-electron chi connectivity index (χ4n) is 2.82. The topological polar surface area (TPSA) is 4.93 Å². The van der Waals surface area contributed by atoms with E-state index in [4.69, 9.17) is 0 Å². The number of fused-ring (bicyclic) bond motifs is 1. The zero-order valence-electron chi connectivity index (χ0n) is 12.0. The SMILES string of the molecule is CC=Cn1c(C)c(Cc2ccccc2)c2ccccc21. The van der Waals surface area contributed by atoms with Gasteiger partial charge >= 0.3 is 0 Å². The molecule has 0 fully saturated rings. The van der Waals surface area contributed by atoms with Crippen LogP contribution in [0, 0.1) is 6.92 Å². The van der Waals surface area contributed by atoms with E-state index in [-0.39, 0.29) is 0 Å². The average Bonchev–Trinajstić information content (AvgIpc) is 2.75. The molecule has 0 aliphatic rings. The lowest BCUT2D eigenvalue weighted by molar-refractivity contribution is 1.07. The Morgan fingerprint density at radius 3 is 2.40 bits per heavy atom. The van der Waals surface area contributed by atoms with E-state index in [0.29, 0.717) is 0 Å². The van der Waals surface area contributed by atoms with Crippen LogP contribution in [0.15, 0.2) is 60.7 Å². The molecule has 3 rings (SSSR count). The van der Waals surface area contributed by atoms with Crippen LogP contribution < -0.4 is 0 Å². The summed E-state index contributed by atoms with van der Waals surface area (Å²) in [5.41, 5.74) is 5.39. The number of hydrogen-bond donors (Lipinski definition) is 0. The summed E-state index contributed by atoms with van der Waals surface area (Å²) in [4.78, 5) is 0. The molecule has 0 radical (unpaired) electrons. The third-order valence-electron chi connectivity index (χ3n) is 3.81. The molecule has 1 aromatic heterocycles. The van der Waals surface area contributed by atoms with Crippen LogP contribution in [-0.2, 0) is 6.42 Å². The second kappa shape index (κ2) is 5.38. The first-order valence-corrected chi connectivity index (χ1v) is 7.06. The van der Waals surface area contributed by atoms with Gasteiger partial charge in [0.25, 0.3) is 0 Å². The van der Waals surface area contributed by atoms with Gasteiger partial charge < -0.3 is 4.57 Å². The second-order valence-corrected chi connectivity index (χ2v) is 5.10. The van der Waals surface area contributed by atoms with E-state index < -0.39 is 0 Å². The largest absolute Gasteiger partial charge is 0.321 e. The maximum atomic E-state index is 2.29. The van der Waals surface area contributed by atoms with Crippen LogP contribution in [0.4, 0.5) is 0 Å². The molecule has 1 nitrogen and oxygen atoms in total. The lowest BCUT2D eigenvalue weighted by Crippen LogP contribution is -1.93. The first-order chi connectivity index (χ1) is 9.81. The third-order valence-corrected chi connectivity index (χ3v) is 3.81. The molecule has 0 amide bonds. The Hall–Kier alpha value is -2.28. The minimum atomic E-state index is 0.984. The molecule has 0 spiro atoms. The Morgan fingerprint density at radius 2 is 1.65 bits per heavy atom. The van der Waals surface area contributed by atoms with Crippen LogP contribution in [0.2, 0.25) is 0 Å². The Morgan fingerprint density at radius 1 is 0.950 bits per heavy atom. The molecule has 0 atom stereocenters. The summed E-state index contributed by atoms with van der Waals surface area (Å²) in [6, 6.07) is 19.3. The van der Waals surface area contributed by atoms with Crippen LogP contribution >= 0.6 is 0 Å². The molecular formula is C19H19N. The van der Waals surface area contributed by atoms with Crippen LogP contribution in [-0.4, -0.2) is 4.57 Å². The molecule has 0 N–H and O–H groups in total. The van der Waals surface area contributed by atoms with Gasteiger partial charge in [0.2, 0.25) is 0 Å². The van der Waals surface area contributed by atoms with Gasteiger partial charge in [-0.3, -0.25) is 0 Å². The lowest BCUT2D eigenvalue weighted by atomic mass is 10.0. The monoisotopic (exact) mass is 261 g/mol. The Bertz CT molecular complexity index is 748. The fraction of sp³-hybridized carbons (Fsp3) is 0.158. The zero-order chi connectivity index (χ0) is 13.9. The van der Waals surface area contributed by atoms with Gasteiger partial charge in [0.1, 0.15) is 0 Å². The van der Waals surface area contributed by atoms with Crippen molar-refractivity contribution in [2.75, 3.05) is 0 Å². The third kappa shape index (κ3) is 2.16. The Balaban J connectivity index is 2.17. The van der Waals surface area contributed by atoms with Crippen molar-refractivity contribution in [2.24, 2.45) is 0 Å². The average molecular weight is 261 g/mol. The van der Waals surface area contributed by atoms with Gasteiger partial charge in [-0.2, -0.15) is 0 Å². The van der Waals surface area contributed by atoms with Gasteiger partial charge in [-0.1, -0.05) is 54.6 Å². The summed E-state index contributed by atoms with van der Waals surface area (Å²) in [6.45, 7) is 4.27. The van der Waals surface area contributed by atoms with Gasteiger partial charge in [0.15, 0.2) is 0 Å². The molecule has 0 unspecified atom stereocenters. The molecule has 20 heavy (non-hydrogen) atoms. The Kier molecular flexibility index (Phi) is 3.42. The molecule has 2 aromatic carbocycles. The van der Waals surface area contributed by atoms with Crippen LogP contribution in [0.3, 0.4) is 0 Å². The molecule has 0 aliphatic carbocycles. The van der Waals surface area contributed by atoms with Crippen LogP contribution in [0.25, 0.3) is 17.1 Å². The van der Waals surface area contributed by atoms with E-state index in [0.717, 1.165) is 6.42 Å². The van der Waals surface area contributed by atoms with Crippen LogP contribution in [0.5, 0.6) is 0 Å². The van der Waals surface area contributed by atoms with Crippen molar-refractivity contribution in [3.05, 3.63) is 77.5 Å². The number of nitrogens with zero attached hydrogens (tertiary/aromatic N) is 1. The normalized spacial score (nSPS) is 11.5. The van der Waals surface area contributed by atoms with Crippen molar-refractivity contribution in [1.82, 2.24) is 4.57 Å². The molecule has 1 heterocycles. The summed E-state index contributed by atoms with van der Waals surface area (Å²) in [5, 5.41) is 1.35. The second-order valence-electron chi connectivity index (χ2n) is 5.10.